The third-order valence-electron chi connectivity index (χ3n) is 5.02. The first-order valence-electron chi connectivity index (χ1n) is 9.56. The van der Waals surface area contributed by atoms with Gasteiger partial charge in [0.1, 0.15) is 11.5 Å². The molecule has 8 nitrogen and oxygen atoms in total. The molecule has 1 aromatic carbocycles. The lowest BCUT2D eigenvalue weighted by Gasteiger charge is -2.38. The second-order valence-corrected chi connectivity index (χ2v) is 7.21. The van der Waals surface area contributed by atoms with E-state index < -0.39 is 5.60 Å². The van der Waals surface area contributed by atoms with E-state index in [0.29, 0.717) is 36.7 Å². The van der Waals surface area contributed by atoms with Crippen LogP contribution in [0.5, 0.6) is 5.75 Å². The number of rotatable bonds is 5. The number of oxime groups is 1. The van der Waals surface area contributed by atoms with Crippen LogP contribution < -0.4 is 10.1 Å². The molecule has 0 bridgehead atoms. The van der Waals surface area contributed by atoms with Gasteiger partial charge in [-0.2, -0.15) is 0 Å². The molecule has 150 valence electrons. The number of pyridine rings is 1. The van der Waals surface area contributed by atoms with Gasteiger partial charge in [0, 0.05) is 19.2 Å². The van der Waals surface area contributed by atoms with E-state index in [9.17, 15) is 9.59 Å². The van der Waals surface area contributed by atoms with E-state index in [0.717, 1.165) is 12.8 Å². The van der Waals surface area contributed by atoms with Crippen LogP contribution in [0, 0.1) is 0 Å². The molecule has 2 aliphatic rings. The van der Waals surface area contributed by atoms with Gasteiger partial charge in [-0.05, 0) is 37.1 Å². The molecule has 1 fully saturated rings. The lowest BCUT2D eigenvalue weighted by molar-refractivity contribution is -0.142. The Hall–Kier alpha value is -3.42. The number of carbonyl (C=O) groups is 2. The number of hydrogen-bond acceptors (Lipinski definition) is 6. The number of likely N-dealkylation sites (tertiary alicyclic amines) is 1. The van der Waals surface area contributed by atoms with Crippen LogP contribution >= 0.6 is 0 Å². The molecule has 0 aliphatic carbocycles. The van der Waals surface area contributed by atoms with Crippen molar-refractivity contribution in [2.45, 2.75) is 24.9 Å². The summed E-state index contributed by atoms with van der Waals surface area (Å²) in [6.07, 6.45) is 5.09. The molecule has 29 heavy (non-hydrogen) atoms. The van der Waals surface area contributed by atoms with Crippen molar-refractivity contribution in [2.24, 2.45) is 5.16 Å². The molecule has 0 saturated carbocycles. The fourth-order valence-corrected chi connectivity index (χ4v) is 3.57. The van der Waals surface area contributed by atoms with Gasteiger partial charge in [0.25, 0.3) is 11.8 Å². The van der Waals surface area contributed by atoms with Gasteiger partial charge in [0.05, 0.1) is 18.4 Å². The Kier molecular flexibility index (Phi) is 5.41. The maximum absolute atomic E-state index is 12.6. The van der Waals surface area contributed by atoms with Crippen LogP contribution in [0.25, 0.3) is 0 Å². The van der Waals surface area contributed by atoms with Crippen molar-refractivity contribution in [3.63, 3.8) is 0 Å². The fourth-order valence-electron chi connectivity index (χ4n) is 3.57. The van der Waals surface area contributed by atoms with Crippen LogP contribution in [0.1, 0.15) is 19.3 Å². The number of ether oxygens (including phenoxy) is 1. The van der Waals surface area contributed by atoms with Gasteiger partial charge in [-0.3, -0.25) is 14.6 Å². The second kappa shape index (κ2) is 8.30. The van der Waals surface area contributed by atoms with Crippen LogP contribution in [-0.4, -0.2) is 52.7 Å². The normalized spacial score (nSPS) is 20.7. The number of aromatic nitrogens is 1. The summed E-state index contributed by atoms with van der Waals surface area (Å²) in [6.45, 7) is 0.992. The molecule has 2 amide bonds. The third kappa shape index (κ3) is 4.53. The predicted octanol–water partition coefficient (Wildman–Crippen LogP) is 2.24. The SMILES string of the molecule is O=C(Nc1cccnc1)C1=NOC2(CCCN(C(=O)COc3ccccc3)C2)C1. The number of amides is 2. The minimum Gasteiger partial charge on any atom is -0.484 e. The predicted molar refractivity (Wildman–Crippen MR) is 106 cm³/mol. The molecule has 2 aromatic rings. The molecule has 1 spiro atoms. The Labute approximate surface area is 168 Å². The Morgan fingerprint density at radius 3 is 2.86 bits per heavy atom. The summed E-state index contributed by atoms with van der Waals surface area (Å²) in [4.78, 5) is 36.4. The van der Waals surface area contributed by atoms with E-state index >= 15 is 0 Å². The lowest BCUT2D eigenvalue weighted by Crippen LogP contribution is -2.51. The number of benzene rings is 1. The number of anilines is 1. The maximum Gasteiger partial charge on any atom is 0.273 e. The van der Waals surface area contributed by atoms with Crippen LogP contribution in [0.3, 0.4) is 0 Å². The molecule has 2 aliphatic heterocycles. The highest BCUT2D eigenvalue weighted by Crippen LogP contribution is 2.33. The summed E-state index contributed by atoms with van der Waals surface area (Å²) >= 11 is 0. The zero-order valence-corrected chi connectivity index (χ0v) is 15.9. The zero-order valence-electron chi connectivity index (χ0n) is 15.9. The first kappa shape index (κ1) is 18.9. The quantitative estimate of drug-likeness (QED) is 0.840. The van der Waals surface area contributed by atoms with Gasteiger partial charge in [-0.1, -0.05) is 23.4 Å². The molecule has 1 aromatic heterocycles. The molecular weight excluding hydrogens is 372 g/mol. The lowest BCUT2D eigenvalue weighted by atomic mass is 9.88. The Balaban J connectivity index is 1.32. The van der Waals surface area contributed by atoms with E-state index in [2.05, 4.69) is 15.5 Å². The number of hydrogen-bond donors (Lipinski definition) is 1. The van der Waals surface area contributed by atoms with Crippen molar-refractivity contribution >= 4 is 23.2 Å². The fraction of sp³-hybridized carbons (Fsp3) is 0.333. The summed E-state index contributed by atoms with van der Waals surface area (Å²) in [7, 11) is 0. The van der Waals surface area contributed by atoms with E-state index in [4.69, 9.17) is 9.57 Å². The van der Waals surface area contributed by atoms with Crippen molar-refractivity contribution in [2.75, 3.05) is 25.0 Å². The zero-order chi connectivity index (χ0) is 20.1. The molecule has 8 heteroatoms. The Morgan fingerprint density at radius 2 is 2.07 bits per heavy atom. The standard InChI is InChI=1S/C21H22N4O4/c26-19(14-28-17-7-2-1-3-8-17)25-11-5-9-21(15-25)12-18(24-29-21)20(27)23-16-6-4-10-22-13-16/h1-4,6-8,10,13H,5,9,11-12,14-15H2,(H,23,27). The number of para-hydroxylation sites is 1. The average Bonchev–Trinajstić information content (AvgIpc) is 3.16. The monoisotopic (exact) mass is 394 g/mol. The molecule has 3 heterocycles. The molecule has 1 N–H and O–H groups in total. The minimum absolute atomic E-state index is 0.0324. The van der Waals surface area contributed by atoms with Crippen LogP contribution in [0.4, 0.5) is 5.69 Å². The highest BCUT2D eigenvalue weighted by Gasteiger charge is 2.45. The van der Waals surface area contributed by atoms with Crippen molar-refractivity contribution in [1.29, 1.82) is 0 Å². The van der Waals surface area contributed by atoms with E-state index in [-0.39, 0.29) is 18.4 Å². The number of carbonyl (C=O) groups excluding carboxylic acids is 2. The van der Waals surface area contributed by atoms with Gasteiger partial charge < -0.3 is 19.8 Å². The average molecular weight is 394 g/mol. The van der Waals surface area contributed by atoms with E-state index in [1.54, 1.807) is 29.4 Å². The minimum atomic E-state index is -0.651. The number of piperidine rings is 1. The molecule has 0 radical (unpaired) electrons. The maximum atomic E-state index is 12.6. The van der Waals surface area contributed by atoms with Crippen molar-refractivity contribution in [1.82, 2.24) is 9.88 Å². The number of nitrogens with one attached hydrogen (secondary N) is 1. The summed E-state index contributed by atoms with van der Waals surface area (Å²) in [6, 6.07) is 12.7. The highest BCUT2D eigenvalue weighted by atomic mass is 16.7. The summed E-state index contributed by atoms with van der Waals surface area (Å²) < 4.78 is 5.57. The topological polar surface area (TPSA) is 93.1 Å². The summed E-state index contributed by atoms with van der Waals surface area (Å²) in [5, 5.41) is 6.78. The van der Waals surface area contributed by atoms with E-state index in [1.165, 1.54) is 0 Å². The van der Waals surface area contributed by atoms with Gasteiger partial charge >= 0.3 is 0 Å². The number of nitrogens with zero attached hydrogens (tertiary/aromatic N) is 3. The van der Waals surface area contributed by atoms with Gasteiger partial charge in [0.15, 0.2) is 12.2 Å². The first-order chi connectivity index (χ1) is 14.1. The molecule has 1 atom stereocenters. The van der Waals surface area contributed by atoms with Crippen LogP contribution in [-0.2, 0) is 14.4 Å². The van der Waals surface area contributed by atoms with Crippen molar-refractivity contribution in [3.8, 4) is 5.75 Å². The van der Waals surface area contributed by atoms with E-state index in [1.807, 2.05) is 30.3 Å². The van der Waals surface area contributed by atoms with Gasteiger partial charge in [0.2, 0.25) is 0 Å². The summed E-state index contributed by atoms with van der Waals surface area (Å²) in [5.74, 6) is 0.234. The first-order valence-corrected chi connectivity index (χ1v) is 9.56. The smallest absolute Gasteiger partial charge is 0.273 e. The van der Waals surface area contributed by atoms with Crippen molar-refractivity contribution in [3.05, 3.63) is 54.9 Å². The second-order valence-electron chi connectivity index (χ2n) is 7.21. The highest BCUT2D eigenvalue weighted by molar-refractivity contribution is 6.43. The third-order valence-corrected chi connectivity index (χ3v) is 5.02. The Bertz CT molecular complexity index is 903. The largest absolute Gasteiger partial charge is 0.484 e. The Morgan fingerprint density at radius 1 is 1.21 bits per heavy atom. The summed E-state index contributed by atoms with van der Waals surface area (Å²) in [5.41, 5.74) is 0.269. The van der Waals surface area contributed by atoms with Crippen molar-refractivity contribution < 1.29 is 19.2 Å². The molecule has 1 unspecified atom stereocenters. The van der Waals surface area contributed by atoms with Crippen LogP contribution in [0.15, 0.2) is 60.0 Å². The molecule has 4 rings (SSSR count). The van der Waals surface area contributed by atoms with Crippen LogP contribution in [0.2, 0.25) is 0 Å². The molecule has 1 saturated heterocycles. The van der Waals surface area contributed by atoms with Gasteiger partial charge in [-0.25, -0.2) is 0 Å². The molecular formula is C21H22N4O4. The van der Waals surface area contributed by atoms with Gasteiger partial charge in [-0.15, -0.1) is 0 Å².